The highest BCUT2D eigenvalue weighted by molar-refractivity contribution is 5.50. The molecule has 0 saturated carbocycles. The molecule has 0 amide bonds. The fourth-order valence-corrected chi connectivity index (χ4v) is 2.90. The van der Waals surface area contributed by atoms with E-state index in [-0.39, 0.29) is 5.54 Å². The summed E-state index contributed by atoms with van der Waals surface area (Å²) in [5, 5.41) is 0. The van der Waals surface area contributed by atoms with E-state index in [0.717, 1.165) is 24.9 Å². The number of fused-ring (bicyclic) bond motifs is 1. The first-order valence-electron chi connectivity index (χ1n) is 5.78. The normalized spacial score (nSPS) is 29.1. The van der Waals surface area contributed by atoms with Crippen LogP contribution in [0.5, 0.6) is 0 Å². The van der Waals surface area contributed by atoms with Gasteiger partial charge in [-0.1, -0.05) is 19.9 Å². The zero-order valence-electron chi connectivity index (χ0n) is 9.59. The molecule has 1 aromatic carbocycles. The van der Waals surface area contributed by atoms with Crippen LogP contribution in [0.1, 0.15) is 43.7 Å². The largest absolute Gasteiger partial charge is 0.399 e. The number of hydrogen-bond acceptors (Lipinski definition) is 2. The SMILES string of the molecule is CCC1c2ccc(N)cc2CC1(N)CC. The van der Waals surface area contributed by atoms with E-state index in [9.17, 15) is 0 Å². The Labute approximate surface area is 91.7 Å². The predicted molar refractivity (Wildman–Crippen MR) is 64.8 cm³/mol. The van der Waals surface area contributed by atoms with Crippen LogP contribution in [0.25, 0.3) is 0 Å². The van der Waals surface area contributed by atoms with Gasteiger partial charge >= 0.3 is 0 Å². The summed E-state index contributed by atoms with van der Waals surface area (Å²) in [7, 11) is 0. The van der Waals surface area contributed by atoms with Crippen molar-refractivity contribution >= 4 is 5.69 Å². The Morgan fingerprint density at radius 2 is 2.13 bits per heavy atom. The van der Waals surface area contributed by atoms with E-state index in [2.05, 4.69) is 26.0 Å². The van der Waals surface area contributed by atoms with Gasteiger partial charge in [-0.25, -0.2) is 0 Å². The molecule has 2 rings (SSSR count). The summed E-state index contributed by atoms with van der Waals surface area (Å²) in [5.41, 5.74) is 15.8. The Morgan fingerprint density at radius 1 is 1.40 bits per heavy atom. The summed E-state index contributed by atoms with van der Waals surface area (Å²) in [4.78, 5) is 0. The van der Waals surface area contributed by atoms with Gasteiger partial charge in [0.1, 0.15) is 0 Å². The second kappa shape index (κ2) is 3.53. The number of rotatable bonds is 2. The summed E-state index contributed by atoms with van der Waals surface area (Å²) in [6.45, 7) is 4.39. The van der Waals surface area contributed by atoms with E-state index < -0.39 is 0 Å². The van der Waals surface area contributed by atoms with Crippen molar-refractivity contribution in [2.75, 3.05) is 5.73 Å². The number of nitrogens with two attached hydrogens (primary N) is 2. The average Bonchev–Trinajstić information content (AvgIpc) is 2.49. The molecule has 1 aliphatic carbocycles. The molecule has 2 atom stereocenters. The molecule has 2 heteroatoms. The number of anilines is 1. The first kappa shape index (κ1) is 10.5. The maximum Gasteiger partial charge on any atom is 0.0316 e. The maximum absolute atomic E-state index is 6.47. The Bertz CT molecular complexity index is 373. The van der Waals surface area contributed by atoms with Crippen molar-refractivity contribution < 1.29 is 0 Å². The maximum atomic E-state index is 6.47. The Hall–Kier alpha value is -1.02. The van der Waals surface area contributed by atoms with Crippen LogP contribution in [0.15, 0.2) is 18.2 Å². The van der Waals surface area contributed by atoms with Crippen molar-refractivity contribution in [3.05, 3.63) is 29.3 Å². The Kier molecular flexibility index (Phi) is 2.47. The minimum atomic E-state index is -0.0507. The van der Waals surface area contributed by atoms with Crippen LogP contribution < -0.4 is 11.5 Å². The minimum Gasteiger partial charge on any atom is -0.399 e. The quantitative estimate of drug-likeness (QED) is 0.727. The summed E-state index contributed by atoms with van der Waals surface area (Å²) in [6, 6.07) is 6.23. The molecule has 0 bridgehead atoms. The molecule has 0 heterocycles. The molecule has 82 valence electrons. The number of hydrogen-bond donors (Lipinski definition) is 2. The molecular weight excluding hydrogens is 184 g/mol. The number of nitrogen functional groups attached to an aromatic ring is 1. The molecule has 15 heavy (non-hydrogen) atoms. The molecule has 2 unspecified atom stereocenters. The zero-order chi connectivity index (χ0) is 11.1. The van der Waals surface area contributed by atoms with E-state index >= 15 is 0 Å². The fourth-order valence-electron chi connectivity index (χ4n) is 2.90. The molecule has 0 fully saturated rings. The first-order valence-corrected chi connectivity index (χ1v) is 5.78. The van der Waals surface area contributed by atoms with Gasteiger partial charge in [0.05, 0.1) is 0 Å². The predicted octanol–water partition coefficient (Wildman–Crippen LogP) is 2.43. The van der Waals surface area contributed by atoms with Crippen molar-refractivity contribution in [3.63, 3.8) is 0 Å². The van der Waals surface area contributed by atoms with Gasteiger partial charge in [-0.15, -0.1) is 0 Å². The standard InChI is InChI=1S/C13H20N2/c1-3-12-11-6-5-10(14)7-9(11)8-13(12,15)4-2/h5-7,12H,3-4,8,14-15H2,1-2H3. The molecular formula is C13H20N2. The van der Waals surface area contributed by atoms with Crippen LogP contribution in [0.3, 0.4) is 0 Å². The fraction of sp³-hybridized carbons (Fsp3) is 0.538. The smallest absolute Gasteiger partial charge is 0.0316 e. The van der Waals surface area contributed by atoms with Gasteiger partial charge in [0, 0.05) is 17.1 Å². The molecule has 2 nitrogen and oxygen atoms in total. The van der Waals surface area contributed by atoms with E-state index in [1.807, 2.05) is 6.07 Å². The third kappa shape index (κ3) is 1.53. The van der Waals surface area contributed by atoms with Gasteiger partial charge in [0.2, 0.25) is 0 Å². The molecule has 0 aromatic heterocycles. The summed E-state index contributed by atoms with van der Waals surface area (Å²) < 4.78 is 0. The Morgan fingerprint density at radius 3 is 2.73 bits per heavy atom. The van der Waals surface area contributed by atoms with Crippen LogP contribution in [0, 0.1) is 0 Å². The Balaban J connectivity index is 2.46. The average molecular weight is 204 g/mol. The van der Waals surface area contributed by atoms with Crippen molar-refractivity contribution in [2.24, 2.45) is 5.73 Å². The van der Waals surface area contributed by atoms with Crippen molar-refractivity contribution in [1.29, 1.82) is 0 Å². The van der Waals surface area contributed by atoms with Gasteiger partial charge in [-0.05, 0) is 42.5 Å². The highest BCUT2D eigenvalue weighted by Crippen LogP contribution is 2.43. The summed E-state index contributed by atoms with van der Waals surface area (Å²) >= 11 is 0. The van der Waals surface area contributed by atoms with E-state index in [4.69, 9.17) is 11.5 Å². The van der Waals surface area contributed by atoms with Crippen molar-refractivity contribution in [3.8, 4) is 0 Å². The number of benzene rings is 1. The van der Waals surface area contributed by atoms with E-state index in [1.54, 1.807) is 0 Å². The highest BCUT2D eigenvalue weighted by Gasteiger charge is 2.40. The summed E-state index contributed by atoms with van der Waals surface area (Å²) in [6.07, 6.45) is 3.11. The molecule has 1 aromatic rings. The van der Waals surface area contributed by atoms with Crippen LogP contribution in [-0.4, -0.2) is 5.54 Å². The lowest BCUT2D eigenvalue weighted by Crippen LogP contribution is -2.43. The van der Waals surface area contributed by atoms with Gasteiger partial charge in [-0.2, -0.15) is 0 Å². The third-order valence-electron chi connectivity index (χ3n) is 3.82. The van der Waals surface area contributed by atoms with Crippen LogP contribution >= 0.6 is 0 Å². The van der Waals surface area contributed by atoms with Crippen LogP contribution in [0.4, 0.5) is 5.69 Å². The lowest BCUT2D eigenvalue weighted by molar-refractivity contribution is 0.351. The van der Waals surface area contributed by atoms with E-state index in [0.29, 0.717) is 5.92 Å². The van der Waals surface area contributed by atoms with Crippen LogP contribution in [-0.2, 0) is 6.42 Å². The second-order valence-electron chi connectivity index (χ2n) is 4.68. The molecule has 0 saturated heterocycles. The van der Waals surface area contributed by atoms with Crippen molar-refractivity contribution in [2.45, 2.75) is 44.6 Å². The molecule has 0 aliphatic heterocycles. The molecule has 0 radical (unpaired) electrons. The minimum absolute atomic E-state index is 0.0507. The first-order chi connectivity index (χ1) is 7.10. The second-order valence-corrected chi connectivity index (χ2v) is 4.68. The van der Waals surface area contributed by atoms with Gasteiger partial charge in [-0.3, -0.25) is 0 Å². The third-order valence-corrected chi connectivity index (χ3v) is 3.82. The van der Waals surface area contributed by atoms with Crippen molar-refractivity contribution in [1.82, 2.24) is 0 Å². The zero-order valence-corrected chi connectivity index (χ0v) is 9.59. The molecule has 4 N–H and O–H groups in total. The molecule has 1 aliphatic rings. The van der Waals surface area contributed by atoms with Crippen LogP contribution in [0.2, 0.25) is 0 Å². The van der Waals surface area contributed by atoms with E-state index in [1.165, 1.54) is 11.1 Å². The topological polar surface area (TPSA) is 52.0 Å². The molecule has 0 spiro atoms. The van der Waals surface area contributed by atoms with Gasteiger partial charge in [0.25, 0.3) is 0 Å². The lowest BCUT2D eigenvalue weighted by atomic mass is 9.82. The lowest BCUT2D eigenvalue weighted by Gasteiger charge is -2.30. The summed E-state index contributed by atoms with van der Waals surface area (Å²) in [5.74, 6) is 0.498. The van der Waals surface area contributed by atoms with Gasteiger partial charge < -0.3 is 11.5 Å². The monoisotopic (exact) mass is 204 g/mol. The highest BCUT2D eigenvalue weighted by atomic mass is 14.8. The van der Waals surface area contributed by atoms with Gasteiger partial charge in [0.15, 0.2) is 0 Å².